The highest BCUT2D eigenvalue weighted by molar-refractivity contribution is 6.30. The van der Waals surface area contributed by atoms with Crippen LogP contribution in [-0.4, -0.2) is 12.5 Å². The van der Waals surface area contributed by atoms with Gasteiger partial charge in [-0.1, -0.05) is 23.4 Å². The molecule has 0 atom stereocenters. The Morgan fingerprint density at radius 2 is 1.95 bits per heavy atom. The van der Waals surface area contributed by atoms with Gasteiger partial charge in [-0.25, -0.2) is 0 Å². The average molecular weight is 299 g/mol. The highest BCUT2D eigenvalue weighted by Gasteiger charge is 2.07. The van der Waals surface area contributed by atoms with Crippen molar-refractivity contribution in [2.45, 2.75) is 6.92 Å². The molecule has 1 amide bonds. The van der Waals surface area contributed by atoms with Gasteiger partial charge in [-0.15, -0.1) is 0 Å². The summed E-state index contributed by atoms with van der Waals surface area (Å²) in [7, 11) is 0. The maximum absolute atomic E-state index is 12.1. The lowest BCUT2D eigenvalue weighted by Gasteiger charge is -2.09. The van der Waals surface area contributed by atoms with Gasteiger partial charge in [0.25, 0.3) is 5.91 Å². The molecule has 0 saturated carbocycles. The standard InChI is InChI=1S/C17H15ClN2O/c1-12-11-13(3-2-10-19)4-9-16(12)20-17(21)14-5-7-15(18)8-6-14/h4-9,11H,10,19H2,1H3,(H,20,21). The lowest BCUT2D eigenvalue weighted by atomic mass is 10.1. The summed E-state index contributed by atoms with van der Waals surface area (Å²) in [5.41, 5.74) is 8.49. The predicted molar refractivity (Wildman–Crippen MR) is 86.5 cm³/mol. The minimum atomic E-state index is -0.171. The summed E-state index contributed by atoms with van der Waals surface area (Å²) in [4.78, 5) is 12.1. The molecule has 0 fully saturated rings. The molecule has 0 bridgehead atoms. The molecule has 0 radical (unpaired) electrons. The van der Waals surface area contributed by atoms with E-state index in [0.717, 1.165) is 16.8 Å². The van der Waals surface area contributed by atoms with Gasteiger partial charge in [-0.3, -0.25) is 4.79 Å². The summed E-state index contributed by atoms with van der Waals surface area (Å²) >= 11 is 5.81. The van der Waals surface area contributed by atoms with Crippen molar-refractivity contribution in [2.75, 3.05) is 11.9 Å². The smallest absolute Gasteiger partial charge is 0.255 e. The molecule has 0 unspecified atom stereocenters. The van der Waals surface area contributed by atoms with Crippen molar-refractivity contribution in [3.63, 3.8) is 0 Å². The number of aryl methyl sites for hydroxylation is 1. The quantitative estimate of drug-likeness (QED) is 0.837. The van der Waals surface area contributed by atoms with Crippen LogP contribution >= 0.6 is 11.6 Å². The van der Waals surface area contributed by atoms with E-state index in [1.165, 1.54) is 0 Å². The molecule has 0 spiro atoms. The van der Waals surface area contributed by atoms with Crippen LogP contribution in [0, 0.1) is 18.8 Å². The number of halogens is 1. The molecular weight excluding hydrogens is 284 g/mol. The maximum atomic E-state index is 12.1. The number of nitrogens with one attached hydrogen (secondary N) is 1. The van der Waals surface area contributed by atoms with Crippen LogP contribution in [0.15, 0.2) is 42.5 Å². The van der Waals surface area contributed by atoms with Gasteiger partial charge in [0, 0.05) is 21.8 Å². The average Bonchev–Trinajstić information content (AvgIpc) is 2.48. The number of benzene rings is 2. The molecular formula is C17H15ClN2O. The molecule has 0 aliphatic carbocycles. The van der Waals surface area contributed by atoms with Gasteiger partial charge in [0.05, 0.1) is 6.54 Å². The summed E-state index contributed by atoms with van der Waals surface area (Å²) in [5, 5.41) is 3.48. The third-order valence-corrected chi connectivity index (χ3v) is 3.17. The van der Waals surface area contributed by atoms with E-state index in [4.69, 9.17) is 17.3 Å². The minimum absolute atomic E-state index is 0.171. The van der Waals surface area contributed by atoms with Crippen LogP contribution in [0.1, 0.15) is 21.5 Å². The molecule has 3 nitrogen and oxygen atoms in total. The first kappa shape index (κ1) is 15.1. The van der Waals surface area contributed by atoms with Crippen molar-refractivity contribution < 1.29 is 4.79 Å². The first-order valence-electron chi connectivity index (χ1n) is 6.46. The van der Waals surface area contributed by atoms with Gasteiger partial charge in [0.1, 0.15) is 0 Å². The Morgan fingerprint density at radius 3 is 2.57 bits per heavy atom. The molecule has 2 aromatic rings. The summed E-state index contributed by atoms with van der Waals surface area (Å²) in [5.74, 6) is 5.59. The molecule has 4 heteroatoms. The van der Waals surface area contributed by atoms with E-state index < -0.39 is 0 Å². The van der Waals surface area contributed by atoms with Crippen LogP contribution in [-0.2, 0) is 0 Å². The second kappa shape index (κ2) is 6.94. The zero-order valence-electron chi connectivity index (χ0n) is 11.6. The third-order valence-electron chi connectivity index (χ3n) is 2.92. The van der Waals surface area contributed by atoms with Crippen LogP contribution in [0.5, 0.6) is 0 Å². The lowest BCUT2D eigenvalue weighted by molar-refractivity contribution is 0.102. The molecule has 3 N–H and O–H groups in total. The topological polar surface area (TPSA) is 55.1 Å². The third kappa shape index (κ3) is 4.09. The number of carbonyl (C=O) groups is 1. The van der Waals surface area contributed by atoms with Crippen molar-refractivity contribution in [1.82, 2.24) is 0 Å². The number of nitrogens with two attached hydrogens (primary N) is 1. The number of hydrogen-bond acceptors (Lipinski definition) is 2. The number of rotatable bonds is 2. The van der Waals surface area contributed by atoms with Gasteiger partial charge < -0.3 is 11.1 Å². The normalized spacial score (nSPS) is 9.67. The Morgan fingerprint density at radius 1 is 1.24 bits per heavy atom. The highest BCUT2D eigenvalue weighted by atomic mass is 35.5. The van der Waals surface area contributed by atoms with E-state index in [1.807, 2.05) is 25.1 Å². The van der Waals surface area contributed by atoms with Crippen LogP contribution in [0.3, 0.4) is 0 Å². The second-order valence-electron chi connectivity index (χ2n) is 4.50. The predicted octanol–water partition coefficient (Wildman–Crippen LogP) is 3.21. The van der Waals surface area contributed by atoms with Crippen LogP contribution in [0.4, 0.5) is 5.69 Å². The van der Waals surface area contributed by atoms with E-state index in [2.05, 4.69) is 17.2 Å². The summed E-state index contributed by atoms with van der Waals surface area (Å²) in [6.45, 7) is 2.25. The van der Waals surface area contributed by atoms with Gasteiger partial charge >= 0.3 is 0 Å². The van der Waals surface area contributed by atoms with E-state index in [1.54, 1.807) is 24.3 Å². The molecule has 0 aliphatic rings. The molecule has 0 aliphatic heterocycles. The number of carbonyl (C=O) groups excluding carboxylic acids is 1. The van der Waals surface area contributed by atoms with Crippen molar-refractivity contribution in [3.05, 3.63) is 64.2 Å². The monoisotopic (exact) mass is 298 g/mol. The largest absolute Gasteiger partial charge is 0.322 e. The molecule has 0 aromatic heterocycles. The van der Waals surface area contributed by atoms with Crippen molar-refractivity contribution >= 4 is 23.2 Å². The summed E-state index contributed by atoms with van der Waals surface area (Å²) in [6.07, 6.45) is 0. The fourth-order valence-electron chi connectivity index (χ4n) is 1.83. The van der Waals surface area contributed by atoms with Crippen molar-refractivity contribution in [3.8, 4) is 11.8 Å². The zero-order valence-corrected chi connectivity index (χ0v) is 12.4. The second-order valence-corrected chi connectivity index (χ2v) is 4.93. The van der Waals surface area contributed by atoms with Crippen molar-refractivity contribution in [1.29, 1.82) is 0 Å². The first-order chi connectivity index (χ1) is 10.1. The van der Waals surface area contributed by atoms with Crippen molar-refractivity contribution in [2.24, 2.45) is 5.73 Å². The van der Waals surface area contributed by atoms with Gasteiger partial charge in [-0.2, -0.15) is 0 Å². The van der Waals surface area contributed by atoms with Gasteiger partial charge in [0.2, 0.25) is 0 Å². The molecule has 2 aromatic carbocycles. The van der Waals surface area contributed by atoms with Crippen LogP contribution in [0.2, 0.25) is 5.02 Å². The Bertz CT molecular complexity index is 712. The Balaban J connectivity index is 2.16. The molecule has 2 rings (SSSR count). The SMILES string of the molecule is Cc1cc(C#CCN)ccc1NC(=O)c1ccc(Cl)cc1. The van der Waals surface area contributed by atoms with E-state index in [9.17, 15) is 4.79 Å². The fraction of sp³-hybridized carbons (Fsp3) is 0.118. The Kier molecular flexibility index (Phi) is 4.99. The van der Waals surface area contributed by atoms with Crippen LogP contribution < -0.4 is 11.1 Å². The Hall–Kier alpha value is -2.28. The van der Waals surface area contributed by atoms with Crippen LogP contribution in [0.25, 0.3) is 0 Å². The summed E-state index contributed by atoms with van der Waals surface area (Å²) in [6, 6.07) is 12.4. The molecule has 0 heterocycles. The Labute approximate surface area is 129 Å². The first-order valence-corrected chi connectivity index (χ1v) is 6.84. The minimum Gasteiger partial charge on any atom is -0.322 e. The number of amides is 1. The van der Waals surface area contributed by atoms with E-state index in [0.29, 0.717) is 17.1 Å². The summed E-state index contributed by atoms with van der Waals surface area (Å²) < 4.78 is 0. The zero-order chi connectivity index (χ0) is 15.2. The number of hydrogen-bond donors (Lipinski definition) is 2. The fourth-order valence-corrected chi connectivity index (χ4v) is 1.96. The highest BCUT2D eigenvalue weighted by Crippen LogP contribution is 2.18. The van der Waals surface area contributed by atoms with Gasteiger partial charge in [0.15, 0.2) is 0 Å². The van der Waals surface area contributed by atoms with E-state index >= 15 is 0 Å². The van der Waals surface area contributed by atoms with Gasteiger partial charge in [-0.05, 0) is 55.0 Å². The molecule has 21 heavy (non-hydrogen) atoms. The van der Waals surface area contributed by atoms with E-state index in [-0.39, 0.29) is 5.91 Å². The maximum Gasteiger partial charge on any atom is 0.255 e. The number of anilines is 1. The lowest BCUT2D eigenvalue weighted by Crippen LogP contribution is -2.12. The molecule has 106 valence electrons. The molecule has 0 saturated heterocycles.